The Balaban J connectivity index is 0.650. The first-order valence-electron chi connectivity index (χ1n) is 28.6. The fraction of sp³-hybridized carbons (Fsp3) is 0.459. The highest BCUT2D eigenvalue weighted by Crippen LogP contribution is 2.31. The molecule has 19 heteroatoms. The summed E-state index contributed by atoms with van der Waals surface area (Å²) in [5.74, 6) is 0.972. The quantitative estimate of drug-likeness (QED) is 0.0620. The van der Waals surface area contributed by atoms with Gasteiger partial charge in [-0.05, 0) is 111 Å². The Morgan fingerprint density at radius 1 is 0.775 bits per heavy atom. The fourth-order valence-electron chi connectivity index (χ4n) is 11.8. The molecular weight excluding hydrogens is 1030 g/mol. The van der Waals surface area contributed by atoms with Gasteiger partial charge in [0.2, 0.25) is 17.7 Å². The molecule has 80 heavy (non-hydrogen) atoms. The topological polar surface area (TPSA) is 204 Å². The third kappa shape index (κ3) is 14.2. The van der Waals surface area contributed by atoms with Crippen molar-refractivity contribution < 1.29 is 19.2 Å². The molecule has 3 aromatic carbocycles. The molecule has 10 rings (SSSR count). The van der Waals surface area contributed by atoms with Gasteiger partial charge in [-0.3, -0.25) is 33.9 Å². The van der Waals surface area contributed by atoms with Gasteiger partial charge in [0.1, 0.15) is 17.8 Å². The van der Waals surface area contributed by atoms with Gasteiger partial charge < -0.3 is 41.4 Å². The number of nitrogens with one attached hydrogen (secondary N) is 4. The van der Waals surface area contributed by atoms with E-state index in [1.54, 1.807) is 12.5 Å². The Hall–Kier alpha value is -6.80. The molecule has 6 N–H and O–H groups in total. The number of aromatic amines is 1. The smallest absolute Gasteiger partial charge is 0.274 e. The number of amides is 4. The van der Waals surface area contributed by atoms with Gasteiger partial charge >= 0.3 is 0 Å². The van der Waals surface area contributed by atoms with Crippen molar-refractivity contribution in [1.29, 1.82) is 0 Å². The normalized spacial score (nSPS) is 18.1. The molecule has 6 aromatic rings. The summed E-state index contributed by atoms with van der Waals surface area (Å²) in [6.45, 7) is 15.5. The number of benzene rings is 3. The highest BCUT2D eigenvalue weighted by Gasteiger charge is 2.40. The average molecular weight is 1110 g/mol. The van der Waals surface area contributed by atoms with Crippen LogP contribution in [0.25, 0.3) is 22.2 Å². The van der Waals surface area contributed by atoms with Crippen molar-refractivity contribution in [3.63, 3.8) is 0 Å². The number of aromatic nitrogens is 4. The van der Waals surface area contributed by atoms with Gasteiger partial charge in [-0.1, -0.05) is 84.8 Å². The third-order valence-electron chi connectivity index (χ3n) is 16.7. The van der Waals surface area contributed by atoms with Crippen LogP contribution in [0.1, 0.15) is 77.8 Å². The molecule has 0 bridgehead atoms. The molecule has 1 atom stereocenters. The summed E-state index contributed by atoms with van der Waals surface area (Å²) < 4.78 is 0. The van der Waals surface area contributed by atoms with Crippen molar-refractivity contribution in [2.45, 2.75) is 70.5 Å². The number of hydrogen-bond acceptors (Lipinski definition) is 13. The zero-order valence-electron chi connectivity index (χ0n) is 46.3. The summed E-state index contributed by atoms with van der Waals surface area (Å²) in [5.41, 5.74) is 13.6. The summed E-state index contributed by atoms with van der Waals surface area (Å²) >= 11 is 6.29. The molecule has 4 aliphatic rings. The van der Waals surface area contributed by atoms with Gasteiger partial charge in [-0.2, -0.15) is 0 Å². The third-order valence-corrected chi connectivity index (χ3v) is 17.0. The van der Waals surface area contributed by atoms with Crippen LogP contribution in [0.4, 0.5) is 11.5 Å². The number of aryl methyl sites for hydroxylation is 2. The van der Waals surface area contributed by atoms with Crippen molar-refractivity contribution in [3.8, 4) is 11.1 Å². The second-order valence-corrected chi connectivity index (χ2v) is 22.7. The van der Waals surface area contributed by atoms with Crippen LogP contribution in [0.2, 0.25) is 5.02 Å². The number of nitrogens with zero attached hydrogens (tertiary/aromatic N) is 9. The van der Waals surface area contributed by atoms with Gasteiger partial charge in [0.05, 0.1) is 35.7 Å². The molecule has 0 unspecified atom stereocenters. The second-order valence-electron chi connectivity index (χ2n) is 22.3. The van der Waals surface area contributed by atoms with E-state index in [4.69, 9.17) is 22.3 Å². The van der Waals surface area contributed by atoms with Gasteiger partial charge in [0, 0.05) is 108 Å². The lowest BCUT2D eigenvalue weighted by Gasteiger charge is -2.40. The summed E-state index contributed by atoms with van der Waals surface area (Å²) in [4.78, 5) is 85.2. The molecule has 0 radical (unpaired) electrons. The minimum absolute atomic E-state index is 0.0890. The van der Waals surface area contributed by atoms with E-state index in [-0.39, 0.29) is 41.9 Å². The molecule has 4 fully saturated rings. The lowest BCUT2D eigenvalue weighted by molar-refractivity contribution is -0.134. The number of likely N-dealkylation sites (tertiary alicyclic amines) is 1. The molecule has 4 saturated heterocycles. The summed E-state index contributed by atoms with van der Waals surface area (Å²) in [6.07, 6.45) is 9.77. The lowest BCUT2D eigenvalue weighted by atomic mass is 9.87. The second kappa shape index (κ2) is 26.2. The number of piperazine rings is 2. The predicted molar refractivity (Wildman–Crippen MR) is 314 cm³/mol. The number of carbonyl (C=O) groups is 4. The van der Waals surface area contributed by atoms with Crippen LogP contribution in [0, 0.1) is 12.8 Å². The van der Waals surface area contributed by atoms with E-state index >= 15 is 0 Å². The van der Waals surface area contributed by atoms with Crippen LogP contribution < -0.4 is 26.6 Å². The minimum atomic E-state index is -1.02. The Morgan fingerprint density at radius 2 is 1.50 bits per heavy atom. The molecule has 0 spiro atoms. The highest BCUT2D eigenvalue weighted by molar-refractivity contribution is 6.30. The van der Waals surface area contributed by atoms with E-state index in [0.717, 1.165) is 116 Å². The van der Waals surface area contributed by atoms with Crippen molar-refractivity contribution in [2.24, 2.45) is 11.7 Å². The van der Waals surface area contributed by atoms with Crippen LogP contribution in [-0.2, 0) is 27.3 Å². The maximum absolute atomic E-state index is 14.2. The van der Waals surface area contributed by atoms with Crippen LogP contribution in [0.3, 0.4) is 0 Å². The fourth-order valence-corrected chi connectivity index (χ4v) is 11.9. The Morgan fingerprint density at radius 3 is 2.25 bits per heavy atom. The Bertz CT molecular complexity index is 3090. The number of H-pyrrole nitrogens is 1. The largest absolute Gasteiger partial charge is 0.356 e. The summed E-state index contributed by atoms with van der Waals surface area (Å²) in [7, 11) is 0. The van der Waals surface area contributed by atoms with E-state index in [1.807, 2.05) is 89.7 Å². The molecule has 4 aliphatic heterocycles. The zero-order valence-corrected chi connectivity index (χ0v) is 47.1. The number of halogens is 1. The molecule has 7 heterocycles. The molecule has 4 amide bonds. The first-order chi connectivity index (χ1) is 38.9. The van der Waals surface area contributed by atoms with E-state index in [0.29, 0.717) is 88.2 Å². The molecule has 422 valence electrons. The monoisotopic (exact) mass is 1100 g/mol. The number of rotatable bonds is 19. The predicted octanol–water partition coefficient (Wildman–Crippen LogP) is 6.13. The van der Waals surface area contributed by atoms with E-state index in [1.165, 1.54) is 5.56 Å². The number of piperidine rings is 2. The van der Waals surface area contributed by atoms with Crippen LogP contribution in [0.5, 0.6) is 0 Å². The lowest BCUT2D eigenvalue weighted by Crippen LogP contribution is -2.60. The maximum atomic E-state index is 14.2. The van der Waals surface area contributed by atoms with Gasteiger partial charge in [-0.25, -0.2) is 15.0 Å². The summed E-state index contributed by atoms with van der Waals surface area (Å²) in [6, 6.07) is 27.7. The number of nitrogens with two attached hydrogens (primary N) is 1. The van der Waals surface area contributed by atoms with E-state index in [2.05, 4.69) is 75.6 Å². The molecule has 0 saturated carbocycles. The number of carbonyl (C=O) groups excluding carboxylic acids is 4. The first kappa shape index (κ1) is 56.5. The highest BCUT2D eigenvalue weighted by atomic mass is 35.5. The van der Waals surface area contributed by atoms with Crippen LogP contribution >= 0.6 is 11.6 Å². The standard InChI is InChI=1S/C61H77ClN14O4/c1-3-44-7-5-9-48(35-44)49-36-53(69-54(77)39-64-37-46-8-4-6-43(2)34-46)56(66-38-49)59(79)76-32-28-73(29-33-76)40-45-15-21-72(22-16-45)41-55(78)74-30-26-71(27-31-74)23-17-52(47-10-12-50(62)13-11-47)70-60(80)61(63)18-24-75(25-19-61)58-51-14-20-65-57(51)67-42-68-58/h4-14,20,34-36,38,42,45,52,64H,3,15-19,21-33,37,39-41,63H2,1-2H3,(H,69,77)(H,70,80)(H,65,67,68)/t52-/m0/s1. The van der Waals surface area contributed by atoms with Crippen LogP contribution in [-0.4, -0.2) is 178 Å². The van der Waals surface area contributed by atoms with Gasteiger partial charge in [-0.15, -0.1) is 0 Å². The molecular formula is C61H77ClN14O4. The molecule has 3 aromatic heterocycles. The minimum Gasteiger partial charge on any atom is -0.356 e. The number of fused-ring (bicyclic) bond motifs is 1. The van der Waals surface area contributed by atoms with Gasteiger partial charge in [0.25, 0.3) is 5.91 Å². The van der Waals surface area contributed by atoms with E-state index < -0.39 is 5.54 Å². The van der Waals surface area contributed by atoms with Crippen LogP contribution in [0.15, 0.2) is 104 Å². The van der Waals surface area contributed by atoms with E-state index in [9.17, 15) is 19.2 Å². The number of hydrogen-bond donors (Lipinski definition) is 5. The van der Waals surface area contributed by atoms with Crippen molar-refractivity contribution >= 4 is 57.8 Å². The number of pyridine rings is 1. The molecule has 0 aliphatic carbocycles. The number of anilines is 2. The average Bonchev–Trinajstić information content (AvgIpc) is 4.11. The van der Waals surface area contributed by atoms with Gasteiger partial charge in [0.15, 0.2) is 5.69 Å². The Labute approximate surface area is 474 Å². The van der Waals surface area contributed by atoms with Crippen molar-refractivity contribution in [2.75, 3.05) is 115 Å². The zero-order chi connectivity index (χ0) is 55.6. The summed E-state index contributed by atoms with van der Waals surface area (Å²) in [5, 5.41) is 11.2. The van der Waals surface area contributed by atoms with Crippen molar-refractivity contribution in [1.82, 2.24) is 55.1 Å². The van der Waals surface area contributed by atoms with Crippen molar-refractivity contribution in [3.05, 3.63) is 137 Å². The SMILES string of the molecule is CCc1cccc(-c2cnc(C(=O)N3CCN(CC4CCN(CC(=O)N5CCN(CC[C@H](NC(=O)C6(N)CCN(c7ncnc8[nH]ccc78)CC6)c6ccc(Cl)cc6)CC5)CC4)CC3)c(NC(=O)CNCc3cccc(C)c3)c2)c1. The first-order valence-corrected chi connectivity index (χ1v) is 29.0. The molecule has 18 nitrogen and oxygen atoms in total. The Kier molecular flexibility index (Phi) is 18.5. The maximum Gasteiger partial charge on any atom is 0.274 e.